The average molecular weight is 279 g/mol. The third kappa shape index (κ3) is 4.46. The van der Waals surface area contributed by atoms with Crippen LogP contribution in [-0.2, 0) is 11.2 Å². The first-order valence-electron chi connectivity index (χ1n) is 6.87. The van der Waals surface area contributed by atoms with E-state index in [1.165, 1.54) is 5.56 Å². The average Bonchev–Trinajstić information content (AvgIpc) is 2.47. The molecule has 0 aromatic heterocycles. The number of hydrogen-bond acceptors (Lipinski definition) is 3. The number of nitrogens with zero attached hydrogens (tertiary/aromatic N) is 1. The minimum absolute atomic E-state index is 0.286. The van der Waals surface area contributed by atoms with Crippen molar-refractivity contribution in [3.8, 4) is 5.75 Å². The van der Waals surface area contributed by atoms with E-state index in [0.29, 0.717) is 13.0 Å². The van der Waals surface area contributed by atoms with E-state index in [2.05, 4.69) is 0 Å². The van der Waals surface area contributed by atoms with Crippen molar-refractivity contribution in [1.29, 1.82) is 0 Å². The summed E-state index contributed by atoms with van der Waals surface area (Å²) in [6, 6.07) is 8.04. The predicted octanol–water partition coefficient (Wildman–Crippen LogP) is 2.59. The summed E-state index contributed by atoms with van der Waals surface area (Å²) in [6.07, 6.45) is 1.42. The first-order chi connectivity index (χ1) is 9.29. The molecule has 0 atom stereocenters. The lowest BCUT2D eigenvalue weighted by Crippen LogP contribution is -2.37. The Hall–Kier alpha value is -1.16. The number of ether oxygens (including phenoxy) is 1. The van der Waals surface area contributed by atoms with Gasteiger partial charge in [-0.15, -0.1) is 0 Å². The van der Waals surface area contributed by atoms with Gasteiger partial charge in [-0.1, -0.05) is 12.1 Å². The second-order valence-electron chi connectivity index (χ2n) is 4.57. The monoisotopic (exact) mass is 279 g/mol. The summed E-state index contributed by atoms with van der Waals surface area (Å²) in [4.78, 5) is 14.0. The van der Waals surface area contributed by atoms with Gasteiger partial charge in [-0.05, 0) is 31.0 Å². The van der Waals surface area contributed by atoms with Gasteiger partial charge in [0, 0.05) is 31.0 Å². The Balaban J connectivity index is 1.79. The molecule has 0 N–H and O–H groups in total. The Bertz CT molecular complexity index is 399. The summed E-state index contributed by atoms with van der Waals surface area (Å²) in [5.74, 6) is 3.34. The van der Waals surface area contributed by atoms with Crippen LogP contribution in [-0.4, -0.2) is 42.0 Å². The van der Waals surface area contributed by atoms with Gasteiger partial charge < -0.3 is 9.64 Å². The molecule has 0 bridgehead atoms. The summed E-state index contributed by atoms with van der Waals surface area (Å²) < 4.78 is 5.40. The Morgan fingerprint density at radius 1 is 1.26 bits per heavy atom. The second kappa shape index (κ2) is 7.43. The number of thioether (sulfide) groups is 1. The normalized spacial score (nSPS) is 15.3. The van der Waals surface area contributed by atoms with Crippen molar-refractivity contribution >= 4 is 17.7 Å². The smallest absolute Gasteiger partial charge is 0.222 e. The van der Waals surface area contributed by atoms with Crippen molar-refractivity contribution in [3.05, 3.63) is 29.8 Å². The summed E-state index contributed by atoms with van der Waals surface area (Å²) in [5, 5.41) is 0. The largest absolute Gasteiger partial charge is 0.494 e. The molecular weight excluding hydrogens is 258 g/mol. The molecule has 0 unspecified atom stereocenters. The van der Waals surface area contributed by atoms with Crippen molar-refractivity contribution in [3.63, 3.8) is 0 Å². The maximum atomic E-state index is 12.0. The molecule has 2 rings (SSSR count). The van der Waals surface area contributed by atoms with Crippen LogP contribution in [0.4, 0.5) is 0 Å². The minimum Gasteiger partial charge on any atom is -0.494 e. The molecule has 1 heterocycles. The molecule has 104 valence electrons. The Morgan fingerprint density at radius 2 is 1.95 bits per heavy atom. The highest BCUT2D eigenvalue weighted by molar-refractivity contribution is 7.99. The van der Waals surface area contributed by atoms with E-state index < -0.39 is 0 Å². The molecular formula is C15H21NO2S. The van der Waals surface area contributed by atoms with Crippen LogP contribution in [0.2, 0.25) is 0 Å². The lowest BCUT2D eigenvalue weighted by molar-refractivity contribution is -0.130. The van der Waals surface area contributed by atoms with E-state index in [0.717, 1.165) is 36.8 Å². The molecule has 1 fully saturated rings. The molecule has 3 nitrogen and oxygen atoms in total. The fourth-order valence-corrected chi connectivity index (χ4v) is 3.04. The van der Waals surface area contributed by atoms with Gasteiger partial charge in [0.1, 0.15) is 5.75 Å². The molecule has 1 aromatic carbocycles. The topological polar surface area (TPSA) is 29.5 Å². The van der Waals surface area contributed by atoms with E-state index in [4.69, 9.17) is 4.74 Å². The molecule has 0 spiro atoms. The number of amides is 1. The van der Waals surface area contributed by atoms with Gasteiger partial charge in [0.05, 0.1) is 6.61 Å². The highest BCUT2D eigenvalue weighted by Gasteiger charge is 2.16. The third-order valence-electron chi connectivity index (χ3n) is 3.23. The molecule has 0 aliphatic carbocycles. The Morgan fingerprint density at radius 3 is 2.58 bits per heavy atom. The third-order valence-corrected chi connectivity index (χ3v) is 4.17. The number of aryl methyl sites for hydroxylation is 1. The molecule has 1 aromatic rings. The summed E-state index contributed by atoms with van der Waals surface area (Å²) in [7, 11) is 0. The van der Waals surface area contributed by atoms with Crippen LogP contribution in [0.3, 0.4) is 0 Å². The van der Waals surface area contributed by atoms with Crippen LogP contribution in [0, 0.1) is 0 Å². The first kappa shape index (κ1) is 14.3. The van der Waals surface area contributed by atoms with Gasteiger partial charge >= 0.3 is 0 Å². The van der Waals surface area contributed by atoms with Crippen LogP contribution in [0.15, 0.2) is 24.3 Å². The molecule has 0 radical (unpaired) electrons. The number of hydrogen-bond donors (Lipinski definition) is 0. The van der Waals surface area contributed by atoms with Crippen molar-refractivity contribution < 1.29 is 9.53 Å². The molecule has 1 aliphatic heterocycles. The van der Waals surface area contributed by atoms with Gasteiger partial charge in [0.25, 0.3) is 0 Å². The lowest BCUT2D eigenvalue weighted by Gasteiger charge is -2.26. The van der Waals surface area contributed by atoms with E-state index >= 15 is 0 Å². The summed E-state index contributed by atoms with van der Waals surface area (Å²) in [5.41, 5.74) is 1.20. The van der Waals surface area contributed by atoms with Crippen LogP contribution >= 0.6 is 11.8 Å². The van der Waals surface area contributed by atoms with Gasteiger partial charge in [-0.25, -0.2) is 0 Å². The summed E-state index contributed by atoms with van der Waals surface area (Å²) >= 11 is 1.93. The SMILES string of the molecule is CCOc1ccc(CCC(=O)N2CCSCC2)cc1. The fourth-order valence-electron chi connectivity index (χ4n) is 2.14. The maximum absolute atomic E-state index is 12.0. The maximum Gasteiger partial charge on any atom is 0.222 e. The number of rotatable bonds is 5. The molecule has 1 aliphatic rings. The zero-order valence-electron chi connectivity index (χ0n) is 11.4. The minimum atomic E-state index is 0.286. The second-order valence-corrected chi connectivity index (χ2v) is 5.79. The molecule has 4 heteroatoms. The van der Waals surface area contributed by atoms with E-state index in [9.17, 15) is 4.79 Å². The van der Waals surface area contributed by atoms with Crippen LogP contribution in [0.5, 0.6) is 5.75 Å². The Labute approximate surface area is 119 Å². The standard InChI is InChI=1S/C15H21NO2S/c1-2-18-14-6-3-13(4-7-14)5-8-15(17)16-9-11-19-12-10-16/h3-4,6-7H,2,5,8-12H2,1H3. The zero-order chi connectivity index (χ0) is 13.5. The van der Waals surface area contributed by atoms with Crippen molar-refractivity contribution in [2.75, 3.05) is 31.2 Å². The van der Waals surface area contributed by atoms with Crippen LogP contribution < -0.4 is 4.74 Å². The number of carbonyl (C=O) groups excluding carboxylic acids is 1. The fraction of sp³-hybridized carbons (Fsp3) is 0.533. The van der Waals surface area contributed by atoms with Gasteiger partial charge in [0.15, 0.2) is 0 Å². The highest BCUT2D eigenvalue weighted by atomic mass is 32.2. The van der Waals surface area contributed by atoms with E-state index in [1.54, 1.807) is 0 Å². The number of benzene rings is 1. The predicted molar refractivity (Wildman–Crippen MR) is 79.8 cm³/mol. The van der Waals surface area contributed by atoms with Gasteiger partial charge in [0.2, 0.25) is 5.91 Å². The quantitative estimate of drug-likeness (QED) is 0.830. The molecule has 0 saturated carbocycles. The molecule has 1 saturated heterocycles. The van der Waals surface area contributed by atoms with Crippen molar-refractivity contribution in [2.24, 2.45) is 0 Å². The van der Waals surface area contributed by atoms with Crippen molar-refractivity contribution in [1.82, 2.24) is 4.90 Å². The lowest BCUT2D eigenvalue weighted by atomic mass is 10.1. The Kier molecular flexibility index (Phi) is 5.58. The molecule has 1 amide bonds. The van der Waals surface area contributed by atoms with Crippen LogP contribution in [0.25, 0.3) is 0 Å². The highest BCUT2D eigenvalue weighted by Crippen LogP contribution is 2.15. The number of carbonyl (C=O) groups is 1. The van der Waals surface area contributed by atoms with Gasteiger partial charge in [-0.3, -0.25) is 4.79 Å². The zero-order valence-corrected chi connectivity index (χ0v) is 12.2. The van der Waals surface area contributed by atoms with E-state index in [1.807, 2.05) is 47.9 Å². The molecule has 19 heavy (non-hydrogen) atoms. The van der Waals surface area contributed by atoms with Crippen molar-refractivity contribution in [2.45, 2.75) is 19.8 Å². The van der Waals surface area contributed by atoms with E-state index in [-0.39, 0.29) is 5.91 Å². The van der Waals surface area contributed by atoms with Crippen LogP contribution in [0.1, 0.15) is 18.9 Å². The first-order valence-corrected chi connectivity index (χ1v) is 8.02. The van der Waals surface area contributed by atoms with Gasteiger partial charge in [-0.2, -0.15) is 11.8 Å². The summed E-state index contributed by atoms with van der Waals surface area (Å²) in [6.45, 7) is 4.48.